The van der Waals surface area contributed by atoms with Crippen molar-refractivity contribution in [3.8, 4) is 0 Å². The van der Waals surface area contributed by atoms with Crippen LogP contribution in [0.2, 0.25) is 0 Å². The topological polar surface area (TPSA) is 59.3 Å². The first-order valence-electron chi connectivity index (χ1n) is 8.11. The molecule has 0 saturated carbocycles. The molecule has 3 aromatic rings. The van der Waals surface area contributed by atoms with Crippen molar-refractivity contribution < 1.29 is 22.4 Å². The van der Waals surface area contributed by atoms with Crippen LogP contribution in [-0.4, -0.2) is 20.5 Å². The fraction of sp³-hybridized carbons (Fsp3) is 0.278. The molecule has 0 spiro atoms. The number of benzene rings is 1. The third kappa shape index (κ3) is 4.01. The van der Waals surface area contributed by atoms with Crippen molar-refractivity contribution in [1.82, 2.24) is 14.6 Å². The fourth-order valence-electron chi connectivity index (χ4n) is 2.45. The van der Waals surface area contributed by atoms with Gasteiger partial charge >= 0.3 is 6.18 Å². The summed E-state index contributed by atoms with van der Waals surface area (Å²) in [5.41, 5.74) is -2.04. The number of hydrogen-bond donors (Lipinski definition) is 1. The first kappa shape index (κ1) is 20.2. The van der Waals surface area contributed by atoms with Gasteiger partial charge in [0.1, 0.15) is 11.5 Å². The van der Waals surface area contributed by atoms with Crippen LogP contribution in [0.3, 0.4) is 0 Å². The summed E-state index contributed by atoms with van der Waals surface area (Å²) in [4.78, 5) is 16.6. The lowest BCUT2D eigenvalue weighted by molar-refractivity contribution is -0.142. The Balaban J connectivity index is 2.06. The highest BCUT2D eigenvalue weighted by molar-refractivity contribution is 9.10. The smallest absolute Gasteiger partial charge is 0.318 e. The number of carbonyl (C=O) groups excluding carboxylic acids is 1. The van der Waals surface area contributed by atoms with Gasteiger partial charge in [-0.3, -0.25) is 4.79 Å². The van der Waals surface area contributed by atoms with Gasteiger partial charge in [0.25, 0.3) is 5.91 Å². The number of fused-ring (bicyclic) bond motifs is 1. The minimum atomic E-state index is -4.70. The van der Waals surface area contributed by atoms with Crippen molar-refractivity contribution in [2.45, 2.75) is 32.4 Å². The zero-order valence-electron chi connectivity index (χ0n) is 15.0. The molecule has 0 atom stereocenters. The number of nitrogens with one attached hydrogen (secondary N) is 1. The first-order valence-corrected chi connectivity index (χ1v) is 8.90. The normalized spacial score (nSPS) is 12.4. The predicted octanol–water partition coefficient (Wildman–Crippen LogP) is 5.20. The van der Waals surface area contributed by atoms with Crippen molar-refractivity contribution in [2.75, 3.05) is 5.32 Å². The molecule has 2 heterocycles. The Bertz CT molecular complexity index is 1070. The molecule has 1 N–H and O–H groups in total. The maximum Gasteiger partial charge on any atom is 0.433 e. The second kappa shape index (κ2) is 6.84. The van der Waals surface area contributed by atoms with E-state index in [0.29, 0.717) is 8.99 Å². The molecule has 0 aliphatic rings. The molecule has 0 aliphatic heterocycles. The number of nitrogens with zero attached hydrogens (tertiary/aromatic N) is 3. The summed E-state index contributed by atoms with van der Waals surface area (Å²) in [6.07, 6.45) is -4.70. The van der Waals surface area contributed by atoms with Crippen LogP contribution in [0.1, 0.15) is 42.6 Å². The van der Waals surface area contributed by atoms with E-state index in [2.05, 4.69) is 31.3 Å². The molecule has 148 valence electrons. The zero-order chi connectivity index (χ0) is 20.9. The van der Waals surface area contributed by atoms with Crippen LogP contribution in [-0.2, 0) is 11.6 Å². The molecule has 10 heteroatoms. The molecule has 1 amide bonds. The molecule has 5 nitrogen and oxygen atoms in total. The maximum atomic E-state index is 13.9. The second-order valence-corrected chi connectivity index (χ2v) is 8.07. The molecule has 28 heavy (non-hydrogen) atoms. The zero-order valence-corrected chi connectivity index (χ0v) is 16.6. The highest BCUT2D eigenvalue weighted by Crippen LogP contribution is 2.32. The largest absolute Gasteiger partial charge is 0.433 e. The molecule has 1 aromatic carbocycles. The maximum absolute atomic E-state index is 13.9. The lowest BCUT2D eigenvalue weighted by Gasteiger charge is -2.19. The summed E-state index contributed by atoms with van der Waals surface area (Å²) in [5, 5.41) is 6.03. The van der Waals surface area contributed by atoms with E-state index < -0.39 is 29.0 Å². The van der Waals surface area contributed by atoms with Crippen LogP contribution in [0.25, 0.3) is 5.65 Å². The Labute approximate surface area is 165 Å². The average Bonchev–Trinajstić information content (AvgIpc) is 2.98. The van der Waals surface area contributed by atoms with Crippen LogP contribution in [0.5, 0.6) is 0 Å². The van der Waals surface area contributed by atoms with Crippen molar-refractivity contribution in [2.24, 2.45) is 0 Å². The molecule has 0 radical (unpaired) electrons. The summed E-state index contributed by atoms with van der Waals surface area (Å²) in [5.74, 6) is -1.55. The molecule has 0 aliphatic carbocycles. The van der Waals surface area contributed by atoms with Gasteiger partial charge in [0.05, 0.1) is 11.4 Å². The van der Waals surface area contributed by atoms with Gasteiger partial charge in [0.2, 0.25) is 0 Å². The molecular formula is C18H15BrF4N4O. The van der Waals surface area contributed by atoms with Gasteiger partial charge < -0.3 is 5.32 Å². The molecule has 2 aromatic heterocycles. The van der Waals surface area contributed by atoms with Crippen LogP contribution in [0.4, 0.5) is 23.2 Å². The number of hydrogen-bond acceptors (Lipinski definition) is 3. The van der Waals surface area contributed by atoms with E-state index in [-0.39, 0.29) is 22.7 Å². The standard InChI is InChI=1S/C18H15BrF4N4O/c1-17(2,3)13-8-14(18(21,22)23)27-15(25-13)7-12(26-27)16(28)24-11-5-4-9(19)6-10(11)20/h4-8H,1-3H3,(H,24,28). The van der Waals surface area contributed by atoms with Crippen molar-refractivity contribution in [1.29, 1.82) is 0 Å². The van der Waals surface area contributed by atoms with Gasteiger partial charge in [-0.15, -0.1) is 0 Å². The first-order chi connectivity index (χ1) is 12.9. The van der Waals surface area contributed by atoms with Gasteiger partial charge in [-0.05, 0) is 24.3 Å². The third-order valence-corrected chi connectivity index (χ3v) is 4.39. The minimum absolute atomic E-state index is 0.121. The third-order valence-electron chi connectivity index (χ3n) is 3.90. The van der Waals surface area contributed by atoms with Crippen molar-refractivity contribution in [3.63, 3.8) is 0 Å². The second-order valence-electron chi connectivity index (χ2n) is 7.15. The molecule has 3 rings (SSSR count). The lowest BCUT2D eigenvalue weighted by Crippen LogP contribution is -2.20. The van der Waals surface area contributed by atoms with Crippen LogP contribution in [0, 0.1) is 5.82 Å². The fourth-order valence-corrected chi connectivity index (χ4v) is 2.78. The van der Waals surface area contributed by atoms with Gasteiger partial charge in [-0.1, -0.05) is 36.7 Å². The van der Waals surface area contributed by atoms with E-state index in [9.17, 15) is 22.4 Å². The summed E-state index contributed by atoms with van der Waals surface area (Å²) in [6, 6.07) is 6.04. The highest BCUT2D eigenvalue weighted by atomic mass is 79.9. The lowest BCUT2D eigenvalue weighted by atomic mass is 9.91. The molecule has 0 saturated heterocycles. The number of rotatable bonds is 2. The number of halogens is 5. The van der Waals surface area contributed by atoms with Crippen LogP contribution >= 0.6 is 15.9 Å². The highest BCUT2D eigenvalue weighted by Gasteiger charge is 2.36. The van der Waals surface area contributed by atoms with Crippen LogP contribution in [0.15, 0.2) is 34.8 Å². The van der Waals surface area contributed by atoms with Gasteiger partial charge in [-0.2, -0.15) is 18.3 Å². The number of carbonyl (C=O) groups is 1. The summed E-state index contributed by atoms with van der Waals surface area (Å²) < 4.78 is 55.4. The molecule has 0 unspecified atom stereocenters. The van der Waals surface area contributed by atoms with E-state index in [0.717, 1.165) is 18.2 Å². The Hall–Kier alpha value is -2.49. The van der Waals surface area contributed by atoms with Gasteiger partial charge in [0, 0.05) is 16.0 Å². The predicted molar refractivity (Wildman–Crippen MR) is 98.7 cm³/mol. The van der Waals surface area contributed by atoms with Gasteiger partial charge in [-0.25, -0.2) is 13.9 Å². The average molecular weight is 459 g/mol. The van der Waals surface area contributed by atoms with Crippen LogP contribution < -0.4 is 5.32 Å². The number of anilines is 1. The summed E-state index contributed by atoms with van der Waals surface area (Å²) in [6.45, 7) is 5.19. The van der Waals surface area contributed by atoms with E-state index in [1.54, 1.807) is 20.8 Å². The quantitative estimate of drug-likeness (QED) is 0.536. The Morgan fingerprint density at radius 3 is 2.39 bits per heavy atom. The van der Waals surface area contributed by atoms with Crippen molar-refractivity contribution >= 4 is 33.2 Å². The van der Waals surface area contributed by atoms with E-state index in [1.165, 1.54) is 12.1 Å². The number of alkyl halides is 3. The van der Waals surface area contributed by atoms with E-state index >= 15 is 0 Å². The molecular weight excluding hydrogens is 444 g/mol. The Kier molecular flexibility index (Phi) is 4.95. The monoisotopic (exact) mass is 458 g/mol. The SMILES string of the molecule is CC(C)(C)c1cc(C(F)(F)F)n2nc(C(=O)Nc3ccc(Br)cc3F)cc2n1. The number of amides is 1. The summed E-state index contributed by atoms with van der Waals surface area (Å²) in [7, 11) is 0. The van der Waals surface area contributed by atoms with E-state index in [4.69, 9.17) is 0 Å². The van der Waals surface area contributed by atoms with Crippen molar-refractivity contribution in [3.05, 3.63) is 57.7 Å². The van der Waals surface area contributed by atoms with E-state index in [1.807, 2.05) is 0 Å². The Morgan fingerprint density at radius 2 is 1.82 bits per heavy atom. The minimum Gasteiger partial charge on any atom is -0.318 e. The number of aromatic nitrogens is 3. The molecule has 0 bridgehead atoms. The Morgan fingerprint density at radius 1 is 1.14 bits per heavy atom. The van der Waals surface area contributed by atoms with Gasteiger partial charge in [0.15, 0.2) is 11.3 Å². The molecule has 0 fully saturated rings. The summed E-state index contributed by atoms with van der Waals surface area (Å²) >= 11 is 3.10.